The maximum atomic E-state index is 11.2. The van der Waals surface area contributed by atoms with E-state index in [1.807, 2.05) is 0 Å². The molecule has 1 amide bonds. The summed E-state index contributed by atoms with van der Waals surface area (Å²) >= 11 is 5.11. The van der Waals surface area contributed by atoms with Crippen LogP contribution in [0, 0.1) is 0 Å². The number of rotatable bonds is 9. The number of hydrogen-bond donors (Lipinski definition) is 3. The lowest BCUT2D eigenvalue weighted by Gasteiger charge is -2.21. The average molecular weight is 284 g/mol. The third-order valence-corrected chi connectivity index (χ3v) is 4.23. The third-order valence-electron chi connectivity index (χ3n) is 1.47. The fourth-order valence-electron chi connectivity index (χ4n) is 0.874. The van der Waals surface area contributed by atoms with Gasteiger partial charge in [-0.05, 0) is 25.7 Å². The van der Waals surface area contributed by atoms with Crippen LogP contribution in [0.3, 0.4) is 0 Å². The summed E-state index contributed by atoms with van der Waals surface area (Å²) in [6.07, 6.45) is 0. The zero-order chi connectivity index (χ0) is 13.3. The standard InChI is InChI=1S/C8H17N2O5PS/c1-3-14-16(17,15-4-2)10-5-7(11)9-6-8(12)13/h3-6H2,1-2H3,(H,9,11)(H,10,17)(H,12,13). The molecule has 100 valence electrons. The van der Waals surface area contributed by atoms with Crippen LogP contribution >= 0.6 is 6.64 Å². The summed E-state index contributed by atoms with van der Waals surface area (Å²) in [4.78, 5) is 21.4. The van der Waals surface area contributed by atoms with Gasteiger partial charge in [-0.3, -0.25) is 9.59 Å². The van der Waals surface area contributed by atoms with Gasteiger partial charge < -0.3 is 19.5 Å². The van der Waals surface area contributed by atoms with Gasteiger partial charge in [-0.2, -0.15) is 0 Å². The van der Waals surface area contributed by atoms with E-state index in [-0.39, 0.29) is 6.54 Å². The van der Waals surface area contributed by atoms with E-state index in [2.05, 4.69) is 10.4 Å². The molecule has 0 aromatic carbocycles. The minimum absolute atomic E-state index is 0.134. The molecule has 17 heavy (non-hydrogen) atoms. The van der Waals surface area contributed by atoms with Crippen molar-refractivity contribution in [3.63, 3.8) is 0 Å². The van der Waals surface area contributed by atoms with Gasteiger partial charge in [0.15, 0.2) is 0 Å². The first-order chi connectivity index (χ1) is 7.93. The molecule has 0 bridgehead atoms. The van der Waals surface area contributed by atoms with Crippen LogP contribution in [0.1, 0.15) is 13.8 Å². The van der Waals surface area contributed by atoms with Crippen LogP contribution in [0.25, 0.3) is 0 Å². The third kappa shape index (κ3) is 8.23. The average Bonchev–Trinajstić information content (AvgIpc) is 2.24. The summed E-state index contributed by atoms with van der Waals surface area (Å²) in [5, 5.41) is 13.3. The molecule has 0 fully saturated rings. The molecule has 0 aromatic rings. The maximum absolute atomic E-state index is 11.2. The Morgan fingerprint density at radius 2 is 1.76 bits per heavy atom. The molecular formula is C8H17N2O5PS. The molecule has 0 atom stereocenters. The molecular weight excluding hydrogens is 267 g/mol. The molecule has 0 radical (unpaired) electrons. The van der Waals surface area contributed by atoms with Crippen LogP contribution in [0.4, 0.5) is 0 Å². The van der Waals surface area contributed by atoms with E-state index in [4.69, 9.17) is 26.0 Å². The van der Waals surface area contributed by atoms with E-state index < -0.39 is 25.1 Å². The van der Waals surface area contributed by atoms with Gasteiger partial charge >= 0.3 is 5.97 Å². The van der Waals surface area contributed by atoms with Crippen molar-refractivity contribution in [2.75, 3.05) is 26.3 Å². The van der Waals surface area contributed by atoms with Gasteiger partial charge in [-0.15, -0.1) is 0 Å². The summed E-state index contributed by atoms with van der Waals surface area (Å²) in [5.74, 6) is -1.58. The summed E-state index contributed by atoms with van der Waals surface area (Å²) in [6.45, 7) is 1.09. The number of carboxylic acid groups (broad SMARTS) is 1. The second-order valence-corrected chi connectivity index (χ2v) is 6.11. The van der Waals surface area contributed by atoms with E-state index in [0.717, 1.165) is 0 Å². The summed E-state index contributed by atoms with van der Waals surface area (Å²) < 4.78 is 10.5. The fraction of sp³-hybridized carbons (Fsp3) is 0.750. The van der Waals surface area contributed by atoms with Crippen LogP contribution in [-0.4, -0.2) is 43.3 Å². The van der Waals surface area contributed by atoms with Crippen molar-refractivity contribution in [3.8, 4) is 0 Å². The predicted octanol–water partition coefficient (Wildman–Crippen LogP) is 0.0743. The molecule has 0 heterocycles. The molecule has 0 rings (SSSR count). The second kappa shape index (κ2) is 8.54. The number of carbonyl (C=O) groups excluding carboxylic acids is 1. The van der Waals surface area contributed by atoms with Crippen LogP contribution in [0.5, 0.6) is 0 Å². The van der Waals surface area contributed by atoms with Gasteiger partial charge in [-0.1, -0.05) is 0 Å². The summed E-state index contributed by atoms with van der Waals surface area (Å²) in [6, 6.07) is 0. The zero-order valence-corrected chi connectivity index (χ0v) is 11.5. The highest BCUT2D eigenvalue weighted by molar-refractivity contribution is 8.09. The molecule has 7 nitrogen and oxygen atoms in total. The molecule has 0 unspecified atom stereocenters. The van der Waals surface area contributed by atoms with E-state index in [1.54, 1.807) is 13.8 Å². The molecule has 0 aromatic heterocycles. The maximum Gasteiger partial charge on any atom is 0.322 e. The van der Waals surface area contributed by atoms with Crippen LogP contribution in [0.2, 0.25) is 0 Å². The fourth-order valence-corrected chi connectivity index (χ4v) is 2.97. The largest absolute Gasteiger partial charge is 0.480 e. The van der Waals surface area contributed by atoms with E-state index in [9.17, 15) is 9.59 Å². The first kappa shape index (κ1) is 16.5. The molecule has 3 N–H and O–H groups in total. The van der Waals surface area contributed by atoms with Gasteiger partial charge in [0.25, 0.3) is 6.64 Å². The van der Waals surface area contributed by atoms with E-state index in [0.29, 0.717) is 13.2 Å². The lowest BCUT2D eigenvalue weighted by molar-refractivity contribution is -0.137. The lowest BCUT2D eigenvalue weighted by atomic mass is 10.5. The molecule has 0 saturated heterocycles. The SMILES string of the molecule is CCOP(=S)(NCC(=O)NCC(=O)O)OCC. The Labute approximate surface area is 105 Å². The van der Waals surface area contributed by atoms with Gasteiger partial charge in [0, 0.05) is 0 Å². The normalized spacial score (nSPS) is 11.2. The van der Waals surface area contributed by atoms with Gasteiger partial charge in [0.2, 0.25) is 5.91 Å². The van der Waals surface area contributed by atoms with Crippen molar-refractivity contribution in [3.05, 3.63) is 0 Å². The van der Waals surface area contributed by atoms with Crippen molar-refractivity contribution >= 4 is 30.3 Å². The Morgan fingerprint density at radius 3 is 2.18 bits per heavy atom. The van der Waals surface area contributed by atoms with E-state index in [1.165, 1.54) is 0 Å². The van der Waals surface area contributed by atoms with Gasteiger partial charge in [-0.25, -0.2) is 5.09 Å². The number of nitrogens with one attached hydrogen (secondary N) is 2. The Bertz CT molecular complexity index is 302. The number of carboxylic acids is 1. The Hall–Kier alpha value is -0.530. The lowest BCUT2D eigenvalue weighted by Crippen LogP contribution is -2.36. The molecule has 0 aliphatic heterocycles. The Balaban J connectivity index is 4.08. The first-order valence-corrected chi connectivity index (χ1v) is 7.70. The molecule has 0 aliphatic rings. The molecule has 0 saturated carbocycles. The Kier molecular flexibility index (Phi) is 8.28. The van der Waals surface area contributed by atoms with Crippen LogP contribution < -0.4 is 10.4 Å². The second-order valence-electron chi connectivity index (χ2n) is 2.84. The smallest absolute Gasteiger partial charge is 0.322 e. The predicted molar refractivity (Wildman–Crippen MR) is 66.2 cm³/mol. The van der Waals surface area contributed by atoms with Crippen molar-refractivity contribution in [1.29, 1.82) is 0 Å². The highest BCUT2D eigenvalue weighted by Gasteiger charge is 2.18. The van der Waals surface area contributed by atoms with Crippen LogP contribution in [0.15, 0.2) is 0 Å². The monoisotopic (exact) mass is 284 g/mol. The van der Waals surface area contributed by atoms with Crippen molar-refractivity contribution in [2.45, 2.75) is 13.8 Å². The quantitative estimate of drug-likeness (QED) is 0.516. The number of aliphatic carboxylic acids is 1. The summed E-state index contributed by atoms with van der Waals surface area (Å²) in [7, 11) is 0. The van der Waals surface area contributed by atoms with Crippen molar-refractivity contribution in [1.82, 2.24) is 10.4 Å². The highest BCUT2D eigenvalue weighted by atomic mass is 32.5. The summed E-state index contributed by atoms with van der Waals surface area (Å²) in [5.41, 5.74) is 0. The first-order valence-electron chi connectivity index (χ1n) is 5.06. The molecule has 0 spiro atoms. The van der Waals surface area contributed by atoms with Gasteiger partial charge in [0.05, 0.1) is 19.8 Å². The number of hydrogen-bond acceptors (Lipinski definition) is 5. The topological polar surface area (TPSA) is 96.9 Å². The van der Waals surface area contributed by atoms with Crippen LogP contribution in [-0.2, 0) is 30.4 Å². The number of amides is 1. The minimum Gasteiger partial charge on any atom is -0.480 e. The Morgan fingerprint density at radius 1 is 1.24 bits per heavy atom. The van der Waals surface area contributed by atoms with Crippen molar-refractivity contribution < 1.29 is 23.7 Å². The zero-order valence-electron chi connectivity index (χ0n) is 9.76. The molecule has 0 aliphatic carbocycles. The van der Waals surface area contributed by atoms with Crippen molar-refractivity contribution in [2.24, 2.45) is 0 Å². The molecule has 9 heteroatoms. The van der Waals surface area contributed by atoms with Gasteiger partial charge in [0.1, 0.15) is 6.54 Å². The highest BCUT2D eigenvalue weighted by Crippen LogP contribution is 2.43. The number of carbonyl (C=O) groups is 2. The minimum atomic E-state index is -2.65. The van der Waals surface area contributed by atoms with E-state index >= 15 is 0 Å².